The van der Waals surface area contributed by atoms with Crippen LogP contribution >= 0.6 is 0 Å². The predicted octanol–water partition coefficient (Wildman–Crippen LogP) is 1.11. The van der Waals surface area contributed by atoms with Crippen LogP contribution in [0, 0.1) is 5.82 Å². The number of hydrogen-bond acceptors (Lipinski definition) is 4. The van der Waals surface area contributed by atoms with Crippen LogP contribution in [0.15, 0.2) is 29.1 Å². The van der Waals surface area contributed by atoms with E-state index in [4.69, 9.17) is 0 Å². The molecule has 2 aromatic rings. The van der Waals surface area contributed by atoms with E-state index in [9.17, 15) is 14.0 Å². The van der Waals surface area contributed by atoms with Crippen LogP contribution in [0.3, 0.4) is 0 Å². The SMILES string of the molecule is CCc1cc(Cc2ccc(F)c(C(=O)N3CCNCC3)c2)n[nH]c1=O. The van der Waals surface area contributed by atoms with Crippen molar-refractivity contribution in [2.75, 3.05) is 26.2 Å². The first kappa shape index (κ1) is 17.3. The Kier molecular flexibility index (Phi) is 5.23. The van der Waals surface area contributed by atoms with Gasteiger partial charge in [-0.1, -0.05) is 13.0 Å². The number of halogens is 1. The van der Waals surface area contributed by atoms with Gasteiger partial charge < -0.3 is 10.2 Å². The van der Waals surface area contributed by atoms with Crippen LogP contribution in [0.1, 0.15) is 34.1 Å². The molecule has 1 aromatic carbocycles. The number of carbonyl (C=O) groups excluding carboxylic acids is 1. The molecule has 1 amide bonds. The van der Waals surface area contributed by atoms with E-state index in [0.29, 0.717) is 50.3 Å². The predicted molar refractivity (Wildman–Crippen MR) is 92.2 cm³/mol. The first-order valence-electron chi connectivity index (χ1n) is 8.44. The molecule has 0 aliphatic carbocycles. The fraction of sp³-hybridized carbons (Fsp3) is 0.389. The van der Waals surface area contributed by atoms with Gasteiger partial charge in [-0.2, -0.15) is 5.10 Å². The Morgan fingerprint density at radius 3 is 2.76 bits per heavy atom. The summed E-state index contributed by atoms with van der Waals surface area (Å²) in [6.07, 6.45) is 1.03. The third-order valence-corrected chi connectivity index (χ3v) is 4.37. The number of hydrogen-bond donors (Lipinski definition) is 2. The molecule has 1 fully saturated rings. The maximum Gasteiger partial charge on any atom is 0.267 e. The van der Waals surface area contributed by atoms with Crippen LogP contribution in [0.25, 0.3) is 0 Å². The van der Waals surface area contributed by atoms with Gasteiger partial charge in [0.2, 0.25) is 0 Å². The third kappa shape index (κ3) is 3.93. The molecule has 1 aromatic heterocycles. The van der Waals surface area contributed by atoms with Gasteiger partial charge in [-0.25, -0.2) is 9.49 Å². The minimum absolute atomic E-state index is 0.0829. The van der Waals surface area contributed by atoms with Gasteiger partial charge in [0, 0.05) is 38.2 Å². The van der Waals surface area contributed by atoms with Crippen molar-refractivity contribution in [1.82, 2.24) is 20.4 Å². The zero-order valence-corrected chi connectivity index (χ0v) is 14.1. The zero-order chi connectivity index (χ0) is 17.8. The Hall–Kier alpha value is -2.54. The smallest absolute Gasteiger partial charge is 0.267 e. The number of aryl methyl sites for hydroxylation is 1. The van der Waals surface area contributed by atoms with Gasteiger partial charge in [0.15, 0.2) is 0 Å². The number of rotatable bonds is 4. The van der Waals surface area contributed by atoms with Gasteiger partial charge in [-0.15, -0.1) is 0 Å². The van der Waals surface area contributed by atoms with Gasteiger partial charge in [0.25, 0.3) is 11.5 Å². The van der Waals surface area contributed by atoms with E-state index in [1.54, 1.807) is 23.1 Å². The number of piperazine rings is 1. The average molecular weight is 344 g/mol. The lowest BCUT2D eigenvalue weighted by Gasteiger charge is -2.27. The molecule has 1 aliphatic rings. The summed E-state index contributed by atoms with van der Waals surface area (Å²) in [7, 11) is 0. The Labute approximate surface area is 145 Å². The summed E-state index contributed by atoms with van der Waals surface area (Å²) in [5.41, 5.74) is 2.01. The molecule has 25 heavy (non-hydrogen) atoms. The number of aromatic nitrogens is 2. The van der Waals surface area contributed by atoms with Crippen molar-refractivity contribution in [2.45, 2.75) is 19.8 Å². The van der Waals surface area contributed by atoms with Gasteiger partial charge >= 0.3 is 0 Å². The summed E-state index contributed by atoms with van der Waals surface area (Å²) in [5, 5.41) is 9.68. The van der Waals surface area contributed by atoms with Gasteiger partial charge in [0.05, 0.1) is 11.3 Å². The monoisotopic (exact) mass is 344 g/mol. The second-order valence-corrected chi connectivity index (χ2v) is 6.10. The number of amides is 1. The molecule has 1 aliphatic heterocycles. The van der Waals surface area contributed by atoms with Gasteiger partial charge in [-0.3, -0.25) is 9.59 Å². The maximum atomic E-state index is 14.2. The molecule has 0 spiro atoms. The van der Waals surface area contributed by atoms with E-state index < -0.39 is 5.82 Å². The third-order valence-electron chi connectivity index (χ3n) is 4.37. The largest absolute Gasteiger partial charge is 0.336 e. The minimum atomic E-state index is -0.518. The second-order valence-electron chi connectivity index (χ2n) is 6.10. The second kappa shape index (κ2) is 7.57. The molecule has 132 valence electrons. The molecule has 1 saturated heterocycles. The van der Waals surface area contributed by atoms with E-state index in [-0.39, 0.29) is 17.0 Å². The van der Waals surface area contributed by atoms with E-state index >= 15 is 0 Å². The molecule has 0 bridgehead atoms. The van der Waals surface area contributed by atoms with Crippen LogP contribution in [0.5, 0.6) is 0 Å². The highest BCUT2D eigenvalue weighted by molar-refractivity contribution is 5.94. The average Bonchev–Trinajstić information content (AvgIpc) is 2.65. The summed E-state index contributed by atoms with van der Waals surface area (Å²) < 4.78 is 14.2. The molecular weight excluding hydrogens is 323 g/mol. The highest BCUT2D eigenvalue weighted by Gasteiger charge is 2.21. The number of nitrogens with zero attached hydrogens (tertiary/aromatic N) is 2. The molecule has 0 atom stereocenters. The first-order chi connectivity index (χ1) is 12.1. The molecule has 7 heteroatoms. The fourth-order valence-electron chi connectivity index (χ4n) is 2.94. The van der Waals surface area contributed by atoms with E-state index in [1.165, 1.54) is 6.07 Å². The van der Waals surface area contributed by atoms with Gasteiger partial charge in [0.1, 0.15) is 5.82 Å². The van der Waals surface area contributed by atoms with Crippen molar-refractivity contribution in [3.63, 3.8) is 0 Å². The summed E-state index contributed by atoms with van der Waals surface area (Å²) in [6.45, 7) is 4.48. The highest BCUT2D eigenvalue weighted by atomic mass is 19.1. The molecule has 0 radical (unpaired) electrons. The van der Waals surface area contributed by atoms with Crippen LogP contribution in [-0.2, 0) is 12.8 Å². The number of H-pyrrole nitrogens is 1. The fourth-order valence-corrected chi connectivity index (χ4v) is 2.94. The summed E-state index contributed by atoms with van der Waals surface area (Å²) >= 11 is 0. The lowest BCUT2D eigenvalue weighted by Crippen LogP contribution is -2.46. The Balaban J connectivity index is 1.83. The van der Waals surface area contributed by atoms with E-state index in [0.717, 1.165) is 5.56 Å². The van der Waals surface area contributed by atoms with Crippen LogP contribution in [-0.4, -0.2) is 47.2 Å². The lowest BCUT2D eigenvalue weighted by atomic mass is 10.0. The first-order valence-corrected chi connectivity index (χ1v) is 8.44. The van der Waals surface area contributed by atoms with Gasteiger partial charge in [-0.05, 0) is 30.2 Å². The van der Waals surface area contributed by atoms with Crippen molar-refractivity contribution >= 4 is 5.91 Å². The van der Waals surface area contributed by atoms with Crippen molar-refractivity contribution in [1.29, 1.82) is 0 Å². The van der Waals surface area contributed by atoms with Crippen LogP contribution in [0.4, 0.5) is 4.39 Å². The van der Waals surface area contributed by atoms with Crippen molar-refractivity contribution in [3.8, 4) is 0 Å². The van der Waals surface area contributed by atoms with Crippen LogP contribution in [0.2, 0.25) is 0 Å². The molecular formula is C18H21FN4O2. The van der Waals surface area contributed by atoms with Crippen LogP contribution < -0.4 is 10.9 Å². The Bertz CT molecular complexity index is 828. The standard InChI is InChI=1S/C18H21FN4O2/c1-2-13-11-14(21-22-17(13)24)9-12-3-4-16(19)15(10-12)18(25)23-7-5-20-6-8-23/h3-4,10-11,20H,2,5-9H2,1H3,(H,22,24). The molecule has 2 heterocycles. The molecule has 2 N–H and O–H groups in total. The molecule has 0 unspecified atom stereocenters. The maximum absolute atomic E-state index is 14.2. The van der Waals surface area contributed by atoms with Crippen molar-refractivity contribution in [2.24, 2.45) is 0 Å². The Morgan fingerprint density at radius 2 is 2.04 bits per heavy atom. The molecule has 6 nitrogen and oxygen atoms in total. The highest BCUT2D eigenvalue weighted by Crippen LogP contribution is 2.16. The minimum Gasteiger partial charge on any atom is -0.336 e. The zero-order valence-electron chi connectivity index (χ0n) is 14.1. The summed E-state index contributed by atoms with van der Waals surface area (Å²) in [4.78, 5) is 25.8. The normalized spacial score (nSPS) is 14.6. The quantitative estimate of drug-likeness (QED) is 0.871. The summed E-state index contributed by atoms with van der Waals surface area (Å²) in [5.74, 6) is -0.805. The molecule has 3 rings (SSSR count). The van der Waals surface area contributed by atoms with Crippen molar-refractivity contribution < 1.29 is 9.18 Å². The topological polar surface area (TPSA) is 78.1 Å². The van der Waals surface area contributed by atoms with E-state index in [2.05, 4.69) is 15.5 Å². The van der Waals surface area contributed by atoms with Crippen molar-refractivity contribution in [3.05, 3.63) is 62.8 Å². The molecule has 0 saturated carbocycles. The number of carbonyl (C=O) groups is 1. The summed E-state index contributed by atoms with van der Waals surface area (Å²) in [6, 6.07) is 6.29. The van der Waals surface area contributed by atoms with E-state index in [1.807, 2.05) is 6.92 Å². The number of nitrogens with one attached hydrogen (secondary N) is 2. The Morgan fingerprint density at radius 1 is 1.28 bits per heavy atom. The lowest BCUT2D eigenvalue weighted by molar-refractivity contribution is 0.0731. The number of benzene rings is 1. The number of aromatic amines is 1.